The Morgan fingerprint density at radius 3 is 2.69 bits per heavy atom. The summed E-state index contributed by atoms with van der Waals surface area (Å²) in [5.74, 6) is 1.16. The number of fused-ring (bicyclic) bond motifs is 1. The van der Waals surface area contributed by atoms with Crippen LogP contribution in [0.3, 0.4) is 0 Å². The molecule has 0 radical (unpaired) electrons. The molecule has 3 aromatic rings. The van der Waals surface area contributed by atoms with Crippen LogP contribution in [-0.2, 0) is 6.42 Å². The van der Waals surface area contributed by atoms with E-state index < -0.39 is 0 Å². The summed E-state index contributed by atoms with van der Waals surface area (Å²) in [6, 6.07) is 15.2. The van der Waals surface area contributed by atoms with E-state index >= 15 is 0 Å². The van der Waals surface area contributed by atoms with Gasteiger partial charge >= 0.3 is 0 Å². The second-order valence-electron chi connectivity index (χ2n) is 6.94. The number of nitrogens with zero attached hydrogens (tertiary/aromatic N) is 2. The van der Waals surface area contributed by atoms with Crippen molar-refractivity contribution in [2.75, 3.05) is 18.1 Å². The third kappa shape index (κ3) is 3.03. The quantitative estimate of drug-likeness (QED) is 0.612. The Bertz CT molecular complexity index is 943. The second kappa shape index (κ2) is 7.20. The van der Waals surface area contributed by atoms with Gasteiger partial charge in [-0.1, -0.05) is 24.3 Å². The number of thioether (sulfide) groups is 1. The predicted octanol–water partition coefficient (Wildman–Crippen LogP) is 5.63. The number of hydrogen-bond acceptors (Lipinski definition) is 3. The highest BCUT2D eigenvalue weighted by atomic mass is 32.2. The first kappa shape index (κ1) is 17.2. The lowest BCUT2D eigenvalue weighted by Gasteiger charge is -2.10. The Hall–Kier alpha value is -2.20. The molecule has 0 atom stereocenters. The molecule has 0 bridgehead atoms. The molecule has 1 aliphatic rings. The lowest BCUT2D eigenvalue weighted by atomic mass is 10.0. The van der Waals surface area contributed by atoms with Crippen molar-refractivity contribution in [3.63, 3.8) is 0 Å². The van der Waals surface area contributed by atoms with Crippen LogP contribution in [-0.4, -0.2) is 22.6 Å². The minimum absolute atomic E-state index is 1.01. The molecule has 2 aromatic carbocycles. The van der Waals surface area contributed by atoms with Crippen LogP contribution in [0.1, 0.15) is 29.5 Å². The first-order valence-corrected chi connectivity index (χ1v) is 10.5. The number of benzene rings is 2. The van der Waals surface area contributed by atoms with Gasteiger partial charge in [0.05, 0.1) is 11.4 Å². The summed E-state index contributed by atoms with van der Waals surface area (Å²) in [4.78, 5) is 1.28. The lowest BCUT2D eigenvalue weighted by Crippen LogP contribution is -2.07. The van der Waals surface area contributed by atoms with Gasteiger partial charge in [-0.15, -0.1) is 11.8 Å². The van der Waals surface area contributed by atoms with Gasteiger partial charge in [0.25, 0.3) is 0 Å². The summed E-state index contributed by atoms with van der Waals surface area (Å²) >= 11 is 1.79. The highest BCUT2D eigenvalue weighted by Crippen LogP contribution is 2.37. The third-order valence-electron chi connectivity index (χ3n) is 5.23. The molecular weight excluding hydrogens is 338 g/mol. The fraction of sp³-hybridized carbons (Fsp3) is 0.318. The van der Waals surface area contributed by atoms with Crippen LogP contribution in [0.5, 0.6) is 0 Å². The van der Waals surface area contributed by atoms with Crippen LogP contribution >= 0.6 is 11.8 Å². The monoisotopic (exact) mass is 363 g/mol. The number of anilines is 1. The van der Waals surface area contributed by atoms with Crippen LogP contribution in [0.25, 0.3) is 16.9 Å². The van der Waals surface area contributed by atoms with E-state index in [0.29, 0.717) is 0 Å². The molecule has 1 N–H and O–H groups in total. The molecule has 134 valence electrons. The smallest absolute Gasteiger partial charge is 0.133 e. The Kier molecular flexibility index (Phi) is 4.77. The highest BCUT2D eigenvalue weighted by molar-refractivity contribution is 7.98. The number of nitrogens with one attached hydrogen (secondary N) is 1. The predicted molar refractivity (Wildman–Crippen MR) is 112 cm³/mol. The molecule has 4 heteroatoms. The van der Waals surface area contributed by atoms with Crippen LogP contribution in [0.15, 0.2) is 47.4 Å². The van der Waals surface area contributed by atoms with Gasteiger partial charge in [0.15, 0.2) is 0 Å². The van der Waals surface area contributed by atoms with Gasteiger partial charge in [-0.05, 0) is 68.7 Å². The number of aromatic nitrogens is 2. The maximum atomic E-state index is 5.09. The SMILES string of the molecule is CSc1ccccc1-c1nn(-c2ccc(C)c(C)c2)c2c1CCCCN2. The van der Waals surface area contributed by atoms with Crippen LogP contribution in [0, 0.1) is 13.8 Å². The lowest BCUT2D eigenvalue weighted by molar-refractivity contribution is 0.779. The Morgan fingerprint density at radius 2 is 1.88 bits per heavy atom. The van der Waals surface area contributed by atoms with Gasteiger partial charge in [-0.2, -0.15) is 5.10 Å². The van der Waals surface area contributed by atoms with Crippen molar-refractivity contribution >= 4 is 17.6 Å². The van der Waals surface area contributed by atoms with Crippen molar-refractivity contribution in [2.45, 2.75) is 38.0 Å². The van der Waals surface area contributed by atoms with E-state index in [2.05, 4.69) is 72.6 Å². The van der Waals surface area contributed by atoms with Crippen molar-refractivity contribution in [1.29, 1.82) is 0 Å². The summed E-state index contributed by atoms with van der Waals surface area (Å²) in [7, 11) is 0. The average molecular weight is 364 g/mol. The summed E-state index contributed by atoms with van der Waals surface area (Å²) in [6.45, 7) is 5.33. The van der Waals surface area contributed by atoms with Gasteiger partial charge in [0.2, 0.25) is 0 Å². The van der Waals surface area contributed by atoms with Crippen molar-refractivity contribution in [3.05, 3.63) is 59.2 Å². The molecule has 0 saturated heterocycles. The van der Waals surface area contributed by atoms with E-state index in [0.717, 1.165) is 30.2 Å². The molecule has 0 aliphatic carbocycles. The highest BCUT2D eigenvalue weighted by Gasteiger charge is 2.23. The van der Waals surface area contributed by atoms with E-state index in [1.165, 1.54) is 40.0 Å². The number of hydrogen-bond donors (Lipinski definition) is 1. The maximum Gasteiger partial charge on any atom is 0.133 e. The average Bonchev–Trinajstić information content (AvgIpc) is 2.85. The fourth-order valence-electron chi connectivity index (χ4n) is 3.60. The fourth-order valence-corrected chi connectivity index (χ4v) is 4.20. The maximum absolute atomic E-state index is 5.09. The Labute approximate surface area is 159 Å². The van der Waals surface area contributed by atoms with Gasteiger partial charge in [0, 0.05) is 22.6 Å². The molecule has 3 nitrogen and oxygen atoms in total. The summed E-state index contributed by atoms with van der Waals surface area (Å²) in [5.41, 5.74) is 7.45. The van der Waals surface area contributed by atoms with E-state index in [1.807, 2.05) is 0 Å². The molecule has 1 aliphatic heterocycles. The van der Waals surface area contributed by atoms with Crippen molar-refractivity contribution < 1.29 is 0 Å². The van der Waals surface area contributed by atoms with Crippen molar-refractivity contribution in [1.82, 2.24) is 9.78 Å². The largest absolute Gasteiger partial charge is 0.370 e. The van der Waals surface area contributed by atoms with Gasteiger partial charge in [0.1, 0.15) is 5.82 Å². The summed E-state index contributed by atoms with van der Waals surface area (Å²) in [6.07, 6.45) is 5.61. The van der Waals surface area contributed by atoms with E-state index in [4.69, 9.17) is 5.10 Å². The van der Waals surface area contributed by atoms with Crippen molar-refractivity contribution in [3.8, 4) is 16.9 Å². The van der Waals surface area contributed by atoms with Crippen LogP contribution in [0.2, 0.25) is 0 Å². The number of rotatable bonds is 3. The molecule has 26 heavy (non-hydrogen) atoms. The molecule has 0 saturated carbocycles. The van der Waals surface area contributed by atoms with Crippen LogP contribution < -0.4 is 5.32 Å². The zero-order chi connectivity index (χ0) is 18.1. The Balaban J connectivity index is 1.93. The minimum Gasteiger partial charge on any atom is -0.370 e. The molecule has 0 fully saturated rings. The molecule has 2 heterocycles. The second-order valence-corrected chi connectivity index (χ2v) is 7.79. The van der Waals surface area contributed by atoms with Gasteiger partial charge in [-0.25, -0.2) is 4.68 Å². The van der Waals surface area contributed by atoms with E-state index in [9.17, 15) is 0 Å². The summed E-state index contributed by atoms with van der Waals surface area (Å²) in [5, 5.41) is 8.74. The molecule has 0 amide bonds. The van der Waals surface area contributed by atoms with E-state index in [1.54, 1.807) is 11.8 Å². The minimum atomic E-state index is 1.01. The van der Waals surface area contributed by atoms with Gasteiger partial charge in [-0.3, -0.25) is 0 Å². The normalized spacial score (nSPS) is 13.8. The first-order valence-electron chi connectivity index (χ1n) is 9.26. The number of aryl methyl sites for hydroxylation is 2. The molecule has 1 aromatic heterocycles. The molecule has 0 unspecified atom stereocenters. The van der Waals surface area contributed by atoms with Crippen molar-refractivity contribution in [2.24, 2.45) is 0 Å². The Morgan fingerprint density at radius 1 is 1.04 bits per heavy atom. The standard InChI is InChI=1S/C22H25N3S/c1-15-11-12-17(14-16(15)2)25-22-19(9-6-7-13-23-22)21(24-25)18-8-4-5-10-20(18)26-3/h4-5,8,10-12,14,23H,6-7,9,13H2,1-3H3. The van der Waals surface area contributed by atoms with Crippen LogP contribution in [0.4, 0.5) is 5.82 Å². The van der Waals surface area contributed by atoms with E-state index in [-0.39, 0.29) is 0 Å². The van der Waals surface area contributed by atoms with Gasteiger partial charge < -0.3 is 5.32 Å². The molecule has 4 rings (SSSR count). The summed E-state index contributed by atoms with van der Waals surface area (Å²) < 4.78 is 2.11. The first-order chi connectivity index (χ1) is 12.7. The third-order valence-corrected chi connectivity index (χ3v) is 6.02. The molecule has 0 spiro atoms. The topological polar surface area (TPSA) is 29.9 Å². The molecular formula is C22H25N3S. The zero-order valence-corrected chi connectivity index (χ0v) is 16.5. The zero-order valence-electron chi connectivity index (χ0n) is 15.7.